The number of rotatable bonds is 5. The average molecular weight is 265 g/mol. The molecule has 1 aromatic rings. The van der Waals surface area contributed by atoms with Crippen molar-refractivity contribution in [2.75, 3.05) is 18.5 Å². The van der Waals surface area contributed by atoms with E-state index in [0.29, 0.717) is 19.2 Å². The SMILES string of the molecule is CC(C)OCCNc1ccc(C(F)(F)F)cc1F. The molecule has 0 aromatic heterocycles. The van der Waals surface area contributed by atoms with E-state index in [2.05, 4.69) is 5.32 Å². The van der Waals surface area contributed by atoms with E-state index in [4.69, 9.17) is 4.74 Å². The fourth-order valence-electron chi connectivity index (χ4n) is 1.32. The van der Waals surface area contributed by atoms with E-state index in [1.54, 1.807) is 0 Å². The zero-order valence-corrected chi connectivity index (χ0v) is 10.1. The molecular formula is C12H15F4NO. The van der Waals surface area contributed by atoms with Gasteiger partial charge in [-0.15, -0.1) is 0 Å². The summed E-state index contributed by atoms with van der Waals surface area (Å²) in [6, 6.07) is 2.40. The van der Waals surface area contributed by atoms with Crippen LogP contribution in [0.3, 0.4) is 0 Å². The molecule has 1 N–H and O–H groups in total. The standard InChI is InChI=1S/C12H15F4NO/c1-8(2)18-6-5-17-11-4-3-9(7-10(11)13)12(14,15)16/h3-4,7-8,17H,5-6H2,1-2H3. The first-order valence-corrected chi connectivity index (χ1v) is 5.53. The lowest BCUT2D eigenvalue weighted by Crippen LogP contribution is -2.14. The highest BCUT2D eigenvalue weighted by Gasteiger charge is 2.31. The fraction of sp³-hybridized carbons (Fsp3) is 0.500. The van der Waals surface area contributed by atoms with Crippen molar-refractivity contribution in [1.29, 1.82) is 0 Å². The smallest absolute Gasteiger partial charge is 0.380 e. The summed E-state index contributed by atoms with van der Waals surface area (Å²) < 4.78 is 55.4. The quantitative estimate of drug-likeness (QED) is 0.647. The highest BCUT2D eigenvalue weighted by atomic mass is 19.4. The van der Waals surface area contributed by atoms with Gasteiger partial charge >= 0.3 is 6.18 Å². The van der Waals surface area contributed by atoms with E-state index >= 15 is 0 Å². The molecule has 102 valence electrons. The van der Waals surface area contributed by atoms with Gasteiger partial charge in [0.2, 0.25) is 0 Å². The molecule has 0 saturated carbocycles. The predicted molar refractivity (Wildman–Crippen MR) is 61.0 cm³/mol. The van der Waals surface area contributed by atoms with E-state index in [9.17, 15) is 17.6 Å². The van der Waals surface area contributed by atoms with E-state index in [1.807, 2.05) is 13.8 Å². The topological polar surface area (TPSA) is 21.3 Å². The maximum atomic E-state index is 13.4. The van der Waals surface area contributed by atoms with Crippen LogP contribution in [0.1, 0.15) is 19.4 Å². The molecular weight excluding hydrogens is 250 g/mol. The van der Waals surface area contributed by atoms with Crippen LogP contribution >= 0.6 is 0 Å². The van der Waals surface area contributed by atoms with Gasteiger partial charge in [0, 0.05) is 6.54 Å². The third kappa shape index (κ3) is 4.52. The first-order chi connectivity index (χ1) is 8.30. The Hall–Kier alpha value is -1.30. The molecule has 6 heteroatoms. The molecule has 0 fully saturated rings. The fourth-order valence-corrected chi connectivity index (χ4v) is 1.32. The van der Waals surface area contributed by atoms with Crippen molar-refractivity contribution in [3.05, 3.63) is 29.6 Å². The van der Waals surface area contributed by atoms with Gasteiger partial charge in [0.05, 0.1) is 24.0 Å². The summed E-state index contributed by atoms with van der Waals surface area (Å²) in [4.78, 5) is 0. The van der Waals surface area contributed by atoms with Crippen molar-refractivity contribution in [3.8, 4) is 0 Å². The first kappa shape index (κ1) is 14.8. The number of benzene rings is 1. The van der Waals surface area contributed by atoms with Gasteiger partial charge in [0.25, 0.3) is 0 Å². The number of alkyl halides is 3. The van der Waals surface area contributed by atoms with Crippen molar-refractivity contribution in [1.82, 2.24) is 0 Å². The van der Waals surface area contributed by atoms with E-state index < -0.39 is 17.6 Å². The molecule has 0 aliphatic carbocycles. The van der Waals surface area contributed by atoms with Crippen LogP contribution in [-0.2, 0) is 10.9 Å². The summed E-state index contributed by atoms with van der Waals surface area (Å²) in [5, 5.41) is 2.68. The molecule has 1 rings (SSSR count). The molecule has 0 atom stereocenters. The minimum atomic E-state index is -4.53. The molecule has 0 aliphatic heterocycles. The Labute approximate surface area is 103 Å². The molecule has 18 heavy (non-hydrogen) atoms. The number of ether oxygens (including phenoxy) is 1. The molecule has 0 radical (unpaired) electrons. The summed E-state index contributed by atoms with van der Waals surface area (Å²) in [5.74, 6) is -0.922. The molecule has 0 aliphatic rings. The number of anilines is 1. The first-order valence-electron chi connectivity index (χ1n) is 5.53. The summed E-state index contributed by atoms with van der Waals surface area (Å²) in [7, 11) is 0. The molecule has 0 bridgehead atoms. The Balaban J connectivity index is 2.58. The zero-order chi connectivity index (χ0) is 13.8. The van der Waals surface area contributed by atoms with Crippen molar-refractivity contribution in [2.45, 2.75) is 26.1 Å². The Morgan fingerprint density at radius 3 is 2.44 bits per heavy atom. The second kappa shape index (κ2) is 6.04. The van der Waals surface area contributed by atoms with Crippen LogP contribution in [0.2, 0.25) is 0 Å². The van der Waals surface area contributed by atoms with E-state index in [0.717, 1.165) is 12.1 Å². The van der Waals surface area contributed by atoms with Crippen molar-refractivity contribution < 1.29 is 22.3 Å². The summed E-state index contributed by atoms with van der Waals surface area (Å²) in [5.41, 5.74) is -0.959. The Bertz CT molecular complexity index is 390. The second-order valence-electron chi connectivity index (χ2n) is 4.04. The van der Waals surface area contributed by atoms with Crippen LogP contribution in [0.25, 0.3) is 0 Å². The molecule has 0 heterocycles. The van der Waals surface area contributed by atoms with Crippen molar-refractivity contribution in [3.63, 3.8) is 0 Å². The predicted octanol–water partition coefficient (Wildman–Crippen LogP) is 3.68. The van der Waals surface area contributed by atoms with Crippen LogP contribution in [0, 0.1) is 5.82 Å². The number of hydrogen-bond acceptors (Lipinski definition) is 2. The number of halogens is 4. The summed E-state index contributed by atoms with van der Waals surface area (Å²) in [6.07, 6.45) is -4.47. The lowest BCUT2D eigenvalue weighted by Gasteiger charge is -2.12. The van der Waals surface area contributed by atoms with Crippen LogP contribution < -0.4 is 5.32 Å². The minimum absolute atomic E-state index is 0.0374. The highest BCUT2D eigenvalue weighted by molar-refractivity contribution is 5.46. The maximum absolute atomic E-state index is 13.4. The number of nitrogens with one attached hydrogen (secondary N) is 1. The zero-order valence-electron chi connectivity index (χ0n) is 10.1. The lowest BCUT2D eigenvalue weighted by molar-refractivity contribution is -0.137. The van der Waals surface area contributed by atoms with Gasteiger partial charge in [0.1, 0.15) is 5.82 Å². The normalized spacial score (nSPS) is 11.9. The van der Waals surface area contributed by atoms with Gasteiger partial charge in [-0.1, -0.05) is 0 Å². The van der Waals surface area contributed by atoms with Gasteiger partial charge in [-0.25, -0.2) is 4.39 Å². The number of hydrogen-bond donors (Lipinski definition) is 1. The van der Waals surface area contributed by atoms with E-state index in [1.165, 1.54) is 0 Å². The van der Waals surface area contributed by atoms with Gasteiger partial charge < -0.3 is 10.1 Å². The van der Waals surface area contributed by atoms with Crippen molar-refractivity contribution in [2.24, 2.45) is 0 Å². The Morgan fingerprint density at radius 2 is 1.94 bits per heavy atom. The van der Waals surface area contributed by atoms with Gasteiger partial charge in [0.15, 0.2) is 0 Å². The van der Waals surface area contributed by atoms with Gasteiger partial charge in [-0.3, -0.25) is 0 Å². The molecule has 0 unspecified atom stereocenters. The molecule has 0 saturated heterocycles. The third-order valence-corrected chi connectivity index (χ3v) is 2.17. The molecule has 0 amide bonds. The lowest BCUT2D eigenvalue weighted by atomic mass is 10.2. The maximum Gasteiger partial charge on any atom is 0.416 e. The average Bonchev–Trinajstić information content (AvgIpc) is 2.24. The molecule has 1 aromatic carbocycles. The summed E-state index contributed by atoms with van der Waals surface area (Å²) >= 11 is 0. The van der Waals surface area contributed by atoms with Gasteiger partial charge in [-0.2, -0.15) is 13.2 Å². The second-order valence-corrected chi connectivity index (χ2v) is 4.04. The Morgan fingerprint density at radius 1 is 1.28 bits per heavy atom. The van der Waals surface area contributed by atoms with Crippen LogP contribution in [0.15, 0.2) is 18.2 Å². The molecule has 2 nitrogen and oxygen atoms in total. The highest BCUT2D eigenvalue weighted by Crippen LogP contribution is 2.31. The van der Waals surface area contributed by atoms with Crippen molar-refractivity contribution >= 4 is 5.69 Å². The summed E-state index contributed by atoms with van der Waals surface area (Å²) in [6.45, 7) is 4.41. The van der Waals surface area contributed by atoms with Gasteiger partial charge in [-0.05, 0) is 32.0 Å². The van der Waals surface area contributed by atoms with Crippen LogP contribution in [0.4, 0.5) is 23.2 Å². The third-order valence-electron chi connectivity index (χ3n) is 2.17. The largest absolute Gasteiger partial charge is 0.416 e. The molecule has 0 spiro atoms. The van der Waals surface area contributed by atoms with Crippen LogP contribution in [0.5, 0.6) is 0 Å². The monoisotopic (exact) mass is 265 g/mol. The van der Waals surface area contributed by atoms with E-state index in [-0.39, 0.29) is 11.8 Å². The minimum Gasteiger partial charge on any atom is -0.380 e. The Kier molecular flexibility index (Phi) is 4.95. The van der Waals surface area contributed by atoms with Crippen LogP contribution in [-0.4, -0.2) is 19.3 Å².